The predicted molar refractivity (Wildman–Crippen MR) is 116 cm³/mol. The molecule has 3 aromatic rings. The molecular formula is C20H26ClN5O4. The van der Waals surface area contributed by atoms with Crippen molar-refractivity contribution in [2.45, 2.75) is 26.5 Å². The van der Waals surface area contributed by atoms with Gasteiger partial charge in [-0.1, -0.05) is 37.6 Å². The molecule has 0 aliphatic rings. The second-order valence-corrected chi connectivity index (χ2v) is 8.00. The summed E-state index contributed by atoms with van der Waals surface area (Å²) in [6.07, 6.45) is -0.944. The van der Waals surface area contributed by atoms with Crippen molar-refractivity contribution >= 4 is 28.7 Å². The van der Waals surface area contributed by atoms with Crippen LogP contribution < -0.4 is 21.3 Å². The lowest BCUT2D eigenvalue weighted by atomic mass is 10.2. The highest BCUT2D eigenvalue weighted by molar-refractivity contribution is 6.32. The zero-order chi connectivity index (χ0) is 22.0. The molecule has 9 nitrogen and oxygen atoms in total. The normalized spacial score (nSPS) is 12.5. The molecule has 0 fully saturated rings. The van der Waals surface area contributed by atoms with Gasteiger partial charge in [0.15, 0.2) is 11.2 Å². The van der Waals surface area contributed by atoms with Crippen molar-refractivity contribution in [3.8, 4) is 5.75 Å². The van der Waals surface area contributed by atoms with Crippen LogP contribution in [0.25, 0.3) is 11.2 Å². The second kappa shape index (κ2) is 8.93. The summed E-state index contributed by atoms with van der Waals surface area (Å²) in [6.45, 7) is 4.72. The highest BCUT2D eigenvalue weighted by atomic mass is 35.5. The molecule has 0 unspecified atom stereocenters. The Kier molecular flexibility index (Phi) is 6.52. The third kappa shape index (κ3) is 4.36. The first kappa shape index (κ1) is 21.9. The molecule has 3 rings (SSSR count). The molecule has 10 heteroatoms. The Morgan fingerprint density at radius 1 is 1.20 bits per heavy atom. The molecule has 30 heavy (non-hydrogen) atoms. The van der Waals surface area contributed by atoms with Gasteiger partial charge in [0, 0.05) is 20.6 Å². The van der Waals surface area contributed by atoms with Crippen molar-refractivity contribution in [1.29, 1.82) is 0 Å². The van der Waals surface area contributed by atoms with Crippen LogP contribution in [0.3, 0.4) is 0 Å². The Hall–Kier alpha value is -2.78. The minimum Gasteiger partial charge on any atom is -0.489 e. The van der Waals surface area contributed by atoms with E-state index in [1.54, 1.807) is 35.9 Å². The number of halogens is 1. The first-order chi connectivity index (χ1) is 14.2. The van der Waals surface area contributed by atoms with Crippen LogP contribution in [0, 0.1) is 5.92 Å². The average Bonchev–Trinajstić information content (AvgIpc) is 3.06. The maximum absolute atomic E-state index is 12.8. The molecule has 2 N–H and O–H groups in total. The molecule has 0 aliphatic heterocycles. The summed E-state index contributed by atoms with van der Waals surface area (Å²) in [5, 5.41) is 14.2. The van der Waals surface area contributed by atoms with E-state index in [1.807, 2.05) is 13.8 Å². The van der Waals surface area contributed by atoms with Gasteiger partial charge in [0.2, 0.25) is 5.95 Å². The number of hydrogen-bond acceptors (Lipinski definition) is 6. The van der Waals surface area contributed by atoms with Crippen LogP contribution in [0.1, 0.15) is 13.8 Å². The van der Waals surface area contributed by atoms with Gasteiger partial charge in [-0.25, -0.2) is 4.79 Å². The fourth-order valence-electron chi connectivity index (χ4n) is 3.07. The van der Waals surface area contributed by atoms with Gasteiger partial charge in [-0.3, -0.25) is 13.9 Å². The quantitative estimate of drug-likeness (QED) is 0.557. The minimum atomic E-state index is -0.944. The molecule has 1 atom stereocenters. The number of aliphatic hydroxyl groups is 1. The molecule has 0 saturated heterocycles. The van der Waals surface area contributed by atoms with Gasteiger partial charge >= 0.3 is 5.69 Å². The third-order valence-electron chi connectivity index (χ3n) is 4.68. The maximum Gasteiger partial charge on any atom is 0.332 e. The molecule has 2 heterocycles. The summed E-state index contributed by atoms with van der Waals surface area (Å²) >= 11 is 6.09. The van der Waals surface area contributed by atoms with Crippen LogP contribution in [0.5, 0.6) is 5.75 Å². The lowest BCUT2D eigenvalue weighted by Gasteiger charge is -2.17. The number of imidazole rings is 1. The van der Waals surface area contributed by atoms with Crippen molar-refractivity contribution in [2.24, 2.45) is 20.0 Å². The highest BCUT2D eigenvalue weighted by Crippen LogP contribution is 2.23. The zero-order valence-corrected chi connectivity index (χ0v) is 18.2. The highest BCUT2D eigenvalue weighted by Gasteiger charge is 2.21. The second-order valence-electron chi connectivity index (χ2n) is 7.59. The zero-order valence-electron chi connectivity index (χ0n) is 17.4. The number of aromatic nitrogens is 4. The molecule has 2 aromatic heterocycles. The topological polar surface area (TPSA) is 103 Å². The Labute approximate surface area is 178 Å². The number of anilines is 1. The van der Waals surface area contributed by atoms with Gasteiger partial charge in [0.05, 0.1) is 11.6 Å². The van der Waals surface area contributed by atoms with Crippen molar-refractivity contribution in [1.82, 2.24) is 18.7 Å². The number of benzene rings is 1. The van der Waals surface area contributed by atoms with Crippen molar-refractivity contribution in [2.75, 3.05) is 18.5 Å². The Morgan fingerprint density at radius 3 is 2.57 bits per heavy atom. The number of nitrogens with zero attached hydrogens (tertiary/aromatic N) is 4. The largest absolute Gasteiger partial charge is 0.489 e. The van der Waals surface area contributed by atoms with E-state index in [9.17, 15) is 14.7 Å². The van der Waals surface area contributed by atoms with Crippen LogP contribution in [-0.2, 0) is 20.6 Å². The first-order valence-electron chi connectivity index (χ1n) is 9.66. The summed E-state index contributed by atoms with van der Waals surface area (Å²) in [5.74, 6) is 1.21. The van der Waals surface area contributed by atoms with Crippen molar-refractivity contribution < 1.29 is 9.84 Å². The van der Waals surface area contributed by atoms with E-state index in [2.05, 4.69) is 10.3 Å². The molecule has 0 spiro atoms. The van der Waals surface area contributed by atoms with Crippen molar-refractivity contribution in [3.63, 3.8) is 0 Å². The van der Waals surface area contributed by atoms with Gasteiger partial charge in [-0.05, 0) is 18.1 Å². The van der Waals surface area contributed by atoms with E-state index in [1.165, 1.54) is 11.6 Å². The molecule has 1 aromatic carbocycles. The van der Waals surface area contributed by atoms with Gasteiger partial charge in [-0.2, -0.15) is 4.98 Å². The first-order valence-corrected chi connectivity index (χ1v) is 10.0. The number of para-hydroxylation sites is 1. The van der Waals surface area contributed by atoms with E-state index in [4.69, 9.17) is 16.3 Å². The van der Waals surface area contributed by atoms with Gasteiger partial charge in [0.25, 0.3) is 5.56 Å². The molecule has 0 radical (unpaired) electrons. The van der Waals surface area contributed by atoms with Gasteiger partial charge in [-0.15, -0.1) is 0 Å². The molecule has 0 bridgehead atoms. The van der Waals surface area contributed by atoms with Crippen LogP contribution >= 0.6 is 11.6 Å². The Balaban J connectivity index is 1.95. The van der Waals surface area contributed by atoms with E-state index < -0.39 is 17.4 Å². The van der Waals surface area contributed by atoms with Gasteiger partial charge in [0.1, 0.15) is 18.5 Å². The molecule has 0 saturated carbocycles. The van der Waals surface area contributed by atoms with E-state index in [0.717, 1.165) is 4.57 Å². The maximum atomic E-state index is 12.8. The average molecular weight is 436 g/mol. The Bertz CT molecular complexity index is 1160. The lowest BCUT2D eigenvalue weighted by molar-refractivity contribution is 0.0938. The number of rotatable bonds is 8. The van der Waals surface area contributed by atoms with Crippen LogP contribution in [0.2, 0.25) is 5.02 Å². The molecule has 0 aliphatic carbocycles. The third-order valence-corrected chi connectivity index (χ3v) is 4.99. The monoisotopic (exact) mass is 435 g/mol. The van der Waals surface area contributed by atoms with E-state index in [-0.39, 0.29) is 24.3 Å². The van der Waals surface area contributed by atoms with Crippen LogP contribution in [-0.4, -0.2) is 43.0 Å². The number of hydrogen-bond donors (Lipinski definition) is 2. The standard InChI is InChI=1S/C20H26ClN5O4/c1-12(2)9-22-19-23-17-16(18(28)25(4)20(29)24(17)3)26(19)10-13(27)11-30-15-8-6-5-7-14(15)21/h5-8,12-13,27H,9-11H2,1-4H3,(H,22,23)/t13-/m0/s1. The summed E-state index contributed by atoms with van der Waals surface area (Å²) < 4.78 is 9.56. The smallest absolute Gasteiger partial charge is 0.332 e. The fraction of sp³-hybridized carbons (Fsp3) is 0.450. The number of ether oxygens (including phenoxy) is 1. The van der Waals surface area contributed by atoms with Crippen LogP contribution in [0.4, 0.5) is 5.95 Å². The molecule has 162 valence electrons. The fourth-order valence-corrected chi connectivity index (χ4v) is 3.26. The predicted octanol–water partition coefficient (Wildman–Crippen LogP) is 1.59. The number of aryl methyl sites for hydroxylation is 1. The molecular weight excluding hydrogens is 410 g/mol. The van der Waals surface area contributed by atoms with E-state index >= 15 is 0 Å². The summed E-state index contributed by atoms with van der Waals surface area (Å²) in [7, 11) is 2.98. The summed E-state index contributed by atoms with van der Waals surface area (Å²) in [5.41, 5.74) is -0.441. The van der Waals surface area contributed by atoms with Crippen LogP contribution in [0.15, 0.2) is 33.9 Å². The SMILES string of the molecule is CC(C)CNc1nc2c(c(=O)n(C)c(=O)n2C)n1C[C@H](O)COc1ccccc1Cl. The lowest BCUT2D eigenvalue weighted by Crippen LogP contribution is -2.38. The Morgan fingerprint density at radius 2 is 1.90 bits per heavy atom. The summed E-state index contributed by atoms with van der Waals surface area (Å²) in [6, 6.07) is 6.98. The minimum absolute atomic E-state index is 0.0287. The molecule has 0 amide bonds. The number of aliphatic hydroxyl groups excluding tert-OH is 1. The number of fused-ring (bicyclic) bond motifs is 1. The van der Waals surface area contributed by atoms with E-state index in [0.29, 0.717) is 29.2 Å². The number of nitrogens with one attached hydrogen (secondary N) is 1. The summed E-state index contributed by atoms with van der Waals surface area (Å²) in [4.78, 5) is 29.5. The van der Waals surface area contributed by atoms with Crippen molar-refractivity contribution in [3.05, 3.63) is 50.1 Å². The van der Waals surface area contributed by atoms with Gasteiger partial charge < -0.3 is 19.7 Å².